The molecule has 0 spiro atoms. The molecule has 0 radical (unpaired) electrons. The van der Waals surface area contributed by atoms with E-state index in [1.165, 1.54) is 47.1 Å². The summed E-state index contributed by atoms with van der Waals surface area (Å²) in [5.41, 5.74) is 0.896. The van der Waals surface area contributed by atoms with Gasteiger partial charge in [0.25, 0.3) is 11.6 Å². The van der Waals surface area contributed by atoms with Gasteiger partial charge in [-0.1, -0.05) is 13.3 Å². The Bertz CT molecular complexity index is 939. The maximum absolute atomic E-state index is 12.3. The van der Waals surface area contributed by atoms with Crippen LogP contribution < -0.4 is 10.1 Å². The molecule has 1 amide bonds. The van der Waals surface area contributed by atoms with Gasteiger partial charge in [0.2, 0.25) is 0 Å². The van der Waals surface area contributed by atoms with Crippen LogP contribution in [0.3, 0.4) is 0 Å². The van der Waals surface area contributed by atoms with E-state index in [1.807, 2.05) is 6.07 Å². The molecule has 3 rings (SSSR count). The average molecular weight is 418 g/mol. The monoisotopic (exact) mass is 418 g/mol. The molecule has 154 valence electrons. The number of hydrogen-bond acceptors (Lipinski definition) is 7. The van der Waals surface area contributed by atoms with E-state index in [4.69, 9.17) is 9.47 Å². The van der Waals surface area contributed by atoms with Crippen LogP contribution in [0.25, 0.3) is 0 Å². The second-order valence-electron chi connectivity index (χ2n) is 6.84. The summed E-state index contributed by atoms with van der Waals surface area (Å²) in [4.78, 5) is 36.7. The highest BCUT2D eigenvalue weighted by Gasteiger charge is 2.23. The van der Waals surface area contributed by atoms with Crippen LogP contribution in [0.2, 0.25) is 0 Å². The third-order valence-electron chi connectivity index (χ3n) is 4.97. The summed E-state index contributed by atoms with van der Waals surface area (Å²) < 4.78 is 10.1. The summed E-state index contributed by atoms with van der Waals surface area (Å²) >= 11 is 1.41. The van der Waals surface area contributed by atoms with Crippen LogP contribution >= 0.6 is 11.3 Å². The number of benzene rings is 1. The second-order valence-corrected chi connectivity index (χ2v) is 7.98. The molecular formula is C20H22N2O6S. The lowest BCUT2D eigenvalue weighted by molar-refractivity contribution is -0.384. The van der Waals surface area contributed by atoms with Crippen molar-refractivity contribution in [1.29, 1.82) is 0 Å². The Labute approximate surface area is 172 Å². The van der Waals surface area contributed by atoms with Crippen LogP contribution in [0.5, 0.6) is 5.75 Å². The lowest BCUT2D eigenvalue weighted by atomic mass is 9.87. The summed E-state index contributed by atoms with van der Waals surface area (Å²) in [6.07, 6.45) is 4.18. The van der Waals surface area contributed by atoms with E-state index in [1.54, 1.807) is 0 Å². The molecule has 1 atom stereocenters. The number of methoxy groups -OCH3 is 1. The number of nitrogens with zero attached hydrogens (tertiary/aromatic N) is 1. The van der Waals surface area contributed by atoms with E-state index in [0.717, 1.165) is 25.7 Å². The Kier molecular flexibility index (Phi) is 6.48. The van der Waals surface area contributed by atoms with Gasteiger partial charge in [-0.05, 0) is 48.9 Å². The first-order valence-electron chi connectivity index (χ1n) is 9.32. The summed E-state index contributed by atoms with van der Waals surface area (Å²) in [5, 5.41) is 13.6. The van der Waals surface area contributed by atoms with Crippen molar-refractivity contribution in [2.24, 2.45) is 5.92 Å². The number of nitro groups is 1. The van der Waals surface area contributed by atoms with Crippen molar-refractivity contribution in [1.82, 2.24) is 0 Å². The number of carbonyl (C=O) groups excluding carboxylic acids is 2. The standard InChI is InChI=1S/C20H22N2O6S/c1-3-12-4-7-17-13(8-12)9-18(29-17)20(24)28-11-19(23)21-15-6-5-14(27-2)10-16(15)22(25)26/h5-6,9-10,12H,3-4,7-8,11H2,1-2H3,(H,21,23)/t12-/m0/s1. The first-order chi connectivity index (χ1) is 13.9. The van der Waals surface area contributed by atoms with E-state index in [0.29, 0.717) is 16.5 Å². The van der Waals surface area contributed by atoms with Crippen molar-refractivity contribution in [2.45, 2.75) is 32.6 Å². The SMILES string of the molecule is CC[C@H]1CCc2sc(C(=O)OCC(=O)Nc3ccc(OC)cc3[N+](=O)[O-])cc2C1. The molecule has 8 nitrogen and oxygen atoms in total. The van der Waals surface area contributed by atoms with E-state index in [-0.39, 0.29) is 11.4 Å². The molecule has 1 heterocycles. The van der Waals surface area contributed by atoms with Gasteiger partial charge in [0.15, 0.2) is 6.61 Å². The lowest BCUT2D eigenvalue weighted by Crippen LogP contribution is -2.21. The Morgan fingerprint density at radius 1 is 1.34 bits per heavy atom. The van der Waals surface area contributed by atoms with Gasteiger partial charge in [-0.3, -0.25) is 14.9 Å². The molecule has 29 heavy (non-hydrogen) atoms. The molecule has 1 aromatic carbocycles. The summed E-state index contributed by atoms with van der Waals surface area (Å²) in [5.74, 6) is -0.268. The molecule has 0 saturated carbocycles. The molecule has 0 bridgehead atoms. The van der Waals surface area contributed by atoms with Crippen LogP contribution in [-0.4, -0.2) is 30.5 Å². The number of hydrogen-bond donors (Lipinski definition) is 1. The fourth-order valence-electron chi connectivity index (χ4n) is 3.33. The van der Waals surface area contributed by atoms with Crippen molar-refractivity contribution in [3.63, 3.8) is 0 Å². The van der Waals surface area contributed by atoms with Gasteiger partial charge in [0.1, 0.15) is 16.3 Å². The molecular weight excluding hydrogens is 396 g/mol. The highest BCUT2D eigenvalue weighted by atomic mass is 32.1. The van der Waals surface area contributed by atoms with Crippen LogP contribution in [0, 0.1) is 16.0 Å². The lowest BCUT2D eigenvalue weighted by Gasteiger charge is -2.19. The largest absolute Gasteiger partial charge is 0.496 e. The third kappa shape index (κ3) is 4.92. The molecule has 0 fully saturated rings. The van der Waals surface area contributed by atoms with Gasteiger partial charge < -0.3 is 14.8 Å². The van der Waals surface area contributed by atoms with Crippen LogP contribution in [0.15, 0.2) is 24.3 Å². The molecule has 1 N–H and O–H groups in total. The molecule has 2 aromatic rings. The quantitative estimate of drug-likeness (QED) is 0.414. The topological polar surface area (TPSA) is 108 Å². The number of fused-ring (bicyclic) bond motifs is 1. The molecule has 1 aliphatic carbocycles. The van der Waals surface area contributed by atoms with E-state index in [2.05, 4.69) is 12.2 Å². The molecule has 1 aliphatic rings. The van der Waals surface area contributed by atoms with Crippen LogP contribution in [0.1, 0.15) is 39.9 Å². The van der Waals surface area contributed by atoms with Crippen LogP contribution in [0.4, 0.5) is 11.4 Å². The predicted octanol–water partition coefficient (Wildman–Crippen LogP) is 3.98. The third-order valence-corrected chi connectivity index (χ3v) is 6.19. The van der Waals surface area contributed by atoms with Gasteiger partial charge in [0.05, 0.1) is 18.1 Å². The smallest absolute Gasteiger partial charge is 0.348 e. The number of carbonyl (C=O) groups is 2. The molecule has 0 aliphatic heterocycles. The molecule has 1 aromatic heterocycles. The molecule has 9 heteroatoms. The number of ether oxygens (including phenoxy) is 2. The Hall–Kier alpha value is -2.94. The highest BCUT2D eigenvalue weighted by Crippen LogP contribution is 2.34. The zero-order valence-electron chi connectivity index (χ0n) is 16.2. The zero-order valence-corrected chi connectivity index (χ0v) is 17.0. The van der Waals surface area contributed by atoms with Gasteiger partial charge in [-0.2, -0.15) is 0 Å². The molecule has 0 saturated heterocycles. The fourth-order valence-corrected chi connectivity index (χ4v) is 4.43. The van der Waals surface area contributed by atoms with Crippen molar-refractivity contribution < 1.29 is 24.0 Å². The number of nitro benzene ring substituents is 1. The highest BCUT2D eigenvalue weighted by molar-refractivity contribution is 7.14. The maximum Gasteiger partial charge on any atom is 0.348 e. The fraction of sp³-hybridized carbons (Fsp3) is 0.400. The predicted molar refractivity (Wildman–Crippen MR) is 109 cm³/mol. The van der Waals surface area contributed by atoms with Gasteiger partial charge in [-0.15, -0.1) is 11.3 Å². The van der Waals surface area contributed by atoms with Gasteiger partial charge >= 0.3 is 5.97 Å². The van der Waals surface area contributed by atoms with Crippen molar-refractivity contribution in [3.8, 4) is 5.75 Å². The van der Waals surface area contributed by atoms with Crippen molar-refractivity contribution >= 4 is 34.6 Å². The number of esters is 1. The zero-order chi connectivity index (χ0) is 21.0. The van der Waals surface area contributed by atoms with Crippen LogP contribution in [-0.2, 0) is 22.4 Å². The number of anilines is 1. The van der Waals surface area contributed by atoms with E-state index in [9.17, 15) is 19.7 Å². The molecule has 0 unspecified atom stereocenters. The first kappa shape index (κ1) is 20.8. The van der Waals surface area contributed by atoms with Crippen molar-refractivity contribution in [3.05, 3.63) is 49.7 Å². The summed E-state index contributed by atoms with van der Waals surface area (Å²) in [7, 11) is 1.39. The normalized spacial score (nSPS) is 15.3. The van der Waals surface area contributed by atoms with Crippen molar-refractivity contribution in [2.75, 3.05) is 19.0 Å². The minimum absolute atomic E-state index is 0.00837. The minimum atomic E-state index is -0.654. The summed E-state index contributed by atoms with van der Waals surface area (Å²) in [6, 6.07) is 5.93. The maximum atomic E-state index is 12.3. The Balaban J connectivity index is 1.59. The number of thiophene rings is 1. The Morgan fingerprint density at radius 3 is 2.83 bits per heavy atom. The second kappa shape index (κ2) is 9.04. The number of aryl methyl sites for hydroxylation is 1. The van der Waals surface area contributed by atoms with Gasteiger partial charge in [0, 0.05) is 4.88 Å². The van der Waals surface area contributed by atoms with Gasteiger partial charge in [-0.25, -0.2) is 4.79 Å². The number of amides is 1. The number of rotatable bonds is 7. The average Bonchev–Trinajstić information content (AvgIpc) is 3.15. The number of nitrogens with one attached hydrogen (secondary N) is 1. The summed E-state index contributed by atoms with van der Waals surface area (Å²) in [6.45, 7) is 1.64. The Morgan fingerprint density at radius 2 is 2.14 bits per heavy atom. The first-order valence-corrected chi connectivity index (χ1v) is 10.1. The van der Waals surface area contributed by atoms with E-state index >= 15 is 0 Å². The van der Waals surface area contributed by atoms with E-state index < -0.39 is 23.4 Å². The minimum Gasteiger partial charge on any atom is -0.496 e.